The summed E-state index contributed by atoms with van der Waals surface area (Å²) in [7, 11) is -2.62. The highest BCUT2D eigenvalue weighted by Crippen LogP contribution is 2.42. The molecule has 19 heavy (non-hydrogen) atoms. The number of hydrogen-bond acceptors (Lipinski definition) is 7. The van der Waals surface area contributed by atoms with Crippen molar-refractivity contribution < 1.29 is 32.5 Å². The molecule has 1 heterocycles. The second-order valence-electron chi connectivity index (χ2n) is 3.92. The first-order chi connectivity index (χ1) is 8.86. The van der Waals surface area contributed by atoms with Gasteiger partial charge in [-0.15, -0.1) is 0 Å². The Kier molecular flexibility index (Phi) is 3.38. The highest BCUT2D eigenvalue weighted by Gasteiger charge is 2.32. The quantitative estimate of drug-likeness (QED) is 0.783. The van der Waals surface area contributed by atoms with Gasteiger partial charge in [-0.05, 0) is 6.07 Å². The number of fused-ring (bicyclic) bond motifs is 1. The van der Waals surface area contributed by atoms with Crippen LogP contribution in [0, 0.1) is 0 Å². The summed E-state index contributed by atoms with van der Waals surface area (Å²) in [5, 5.41) is 9.83. The topological polar surface area (TPSA) is 99.1 Å². The molecule has 0 radical (unpaired) electrons. The average Bonchev–Trinajstić information content (AvgIpc) is 2.82. The Bertz CT molecular complexity index is 620. The van der Waals surface area contributed by atoms with Gasteiger partial charge in [0.25, 0.3) is 0 Å². The van der Waals surface area contributed by atoms with Crippen LogP contribution in [0.3, 0.4) is 0 Å². The number of carbonyl (C=O) groups is 1. The highest BCUT2D eigenvalue weighted by atomic mass is 32.2. The molecular weight excluding hydrogens is 276 g/mol. The van der Waals surface area contributed by atoms with Gasteiger partial charge in [0.15, 0.2) is 27.4 Å². The van der Waals surface area contributed by atoms with E-state index in [4.69, 9.17) is 9.47 Å². The van der Waals surface area contributed by atoms with Crippen molar-refractivity contribution in [1.29, 1.82) is 0 Å². The van der Waals surface area contributed by atoms with E-state index >= 15 is 0 Å². The number of aliphatic hydroxyl groups is 1. The molecule has 8 heteroatoms. The maximum atomic E-state index is 11.8. The summed E-state index contributed by atoms with van der Waals surface area (Å²) in [5.41, 5.74) is -0.0985. The molecule has 1 aromatic rings. The van der Waals surface area contributed by atoms with Gasteiger partial charge in [0.2, 0.25) is 6.79 Å². The number of sulfone groups is 1. The summed E-state index contributed by atoms with van der Waals surface area (Å²) >= 11 is 0. The number of carbonyl (C=O) groups excluding carboxylic acids is 1. The third-order valence-electron chi connectivity index (χ3n) is 2.61. The van der Waals surface area contributed by atoms with E-state index in [2.05, 4.69) is 4.74 Å². The molecule has 0 bridgehead atoms. The molecule has 0 saturated carbocycles. The zero-order valence-corrected chi connectivity index (χ0v) is 11.1. The van der Waals surface area contributed by atoms with Gasteiger partial charge in [-0.2, -0.15) is 0 Å². The fourth-order valence-electron chi connectivity index (χ4n) is 1.80. The largest absolute Gasteiger partial charge is 0.467 e. The van der Waals surface area contributed by atoms with Gasteiger partial charge in [-0.1, -0.05) is 6.07 Å². The second kappa shape index (κ2) is 4.71. The fourth-order valence-corrected chi connectivity index (χ4v) is 2.90. The molecule has 104 valence electrons. The van der Waals surface area contributed by atoms with Crippen LogP contribution in [0.15, 0.2) is 17.0 Å². The summed E-state index contributed by atoms with van der Waals surface area (Å²) in [4.78, 5) is 11.1. The predicted octanol–water partition coefficient (Wildman–Crippen LogP) is 0.0252. The van der Waals surface area contributed by atoms with Crippen LogP contribution in [0.1, 0.15) is 11.7 Å². The molecule has 1 aliphatic heterocycles. The van der Waals surface area contributed by atoms with E-state index in [-0.39, 0.29) is 28.8 Å². The van der Waals surface area contributed by atoms with Crippen LogP contribution in [0.4, 0.5) is 0 Å². The van der Waals surface area contributed by atoms with Gasteiger partial charge in [-0.25, -0.2) is 13.2 Å². The molecule has 1 unspecified atom stereocenters. The Morgan fingerprint density at radius 3 is 2.68 bits per heavy atom. The summed E-state index contributed by atoms with van der Waals surface area (Å²) in [6.07, 6.45) is -0.748. The molecule has 0 saturated heterocycles. The maximum Gasteiger partial charge on any atom is 0.339 e. The monoisotopic (exact) mass is 288 g/mol. The zero-order valence-electron chi connectivity index (χ0n) is 10.2. The molecule has 1 atom stereocenters. The Morgan fingerprint density at radius 2 is 2.11 bits per heavy atom. The molecule has 2 rings (SSSR count). The smallest absolute Gasteiger partial charge is 0.339 e. The van der Waals surface area contributed by atoms with Crippen LogP contribution in [0.5, 0.6) is 11.5 Å². The van der Waals surface area contributed by atoms with E-state index in [9.17, 15) is 18.3 Å². The van der Waals surface area contributed by atoms with E-state index in [1.807, 2.05) is 0 Å². The minimum absolute atomic E-state index is 0.00273. The molecule has 1 aromatic carbocycles. The predicted molar refractivity (Wildman–Crippen MR) is 62.7 cm³/mol. The number of hydrogen-bond donors (Lipinski definition) is 1. The van der Waals surface area contributed by atoms with E-state index < -0.39 is 21.9 Å². The lowest BCUT2D eigenvalue weighted by Gasteiger charge is -2.14. The van der Waals surface area contributed by atoms with Crippen molar-refractivity contribution in [2.45, 2.75) is 11.0 Å². The van der Waals surface area contributed by atoms with Crippen molar-refractivity contribution in [2.24, 2.45) is 0 Å². The van der Waals surface area contributed by atoms with E-state index in [1.54, 1.807) is 0 Å². The Labute approximate surface area is 109 Å². The number of ether oxygens (including phenoxy) is 3. The molecule has 0 spiro atoms. The van der Waals surface area contributed by atoms with Crippen LogP contribution >= 0.6 is 0 Å². The first-order valence-electron chi connectivity index (χ1n) is 5.24. The molecule has 0 aliphatic carbocycles. The Morgan fingerprint density at radius 1 is 1.42 bits per heavy atom. The fraction of sp³-hybridized carbons (Fsp3) is 0.364. The molecule has 7 nitrogen and oxygen atoms in total. The molecule has 0 aromatic heterocycles. The van der Waals surface area contributed by atoms with Crippen molar-refractivity contribution in [3.63, 3.8) is 0 Å². The molecule has 0 fully saturated rings. The molecular formula is C11H12O7S. The van der Waals surface area contributed by atoms with E-state index in [1.165, 1.54) is 12.1 Å². The third-order valence-corrected chi connectivity index (χ3v) is 3.78. The Hall–Kier alpha value is -1.80. The lowest BCUT2D eigenvalue weighted by atomic mass is 10.1. The number of rotatable bonds is 3. The van der Waals surface area contributed by atoms with Crippen molar-refractivity contribution in [3.8, 4) is 11.5 Å². The first kappa shape index (κ1) is 13.6. The summed E-state index contributed by atoms with van der Waals surface area (Å²) in [6.45, 7) is -0.115. The lowest BCUT2D eigenvalue weighted by Crippen LogP contribution is -2.17. The Balaban J connectivity index is 2.66. The van der Waals surface area contributed by atoms with E-state index in [0.29, 0.717) is 0 Å². The standard InChI is InChI=1S/C11H12O7S/c1-16-11(13)8(12)6-3-4-7-9(18-5-17-7)10(6)19(2,14)15/h3-4,8,12H,5H2,1-2H3. The molecule has 1 aliphatic rings. The number of aliphatic hydroxyl groups excluding tert-OH is 1. The van der Waals surface area contributed by atoms with Crippen molar-refractivity contribution in [2.75, 3.05) is 20.2 Å². The van der Waals surface area contributed by atoms with Crippen LogP contribution in [0.2, 0.25) is 0 Å². The van der Waals surface area contributed by atoms with Crippen molar-refractivity contribution in [3.05, 3.63) is 17.7 Å². The average molecular weight is 288 g/mol. The van der Waals surface area contributed by atoms with Gasteiger partial charge in [0, 0.05) is 11.8 Å². The van der Waals surface area contributed by atoms with Crippen LogP contribution in [-0.4, -0.2) is 39.7 Å². The zero-order chi connectivity index (χ0) is 14.2. The minimum atomic E-state index is -3.72. The lowest BCUT2D eigenvalue weighted by molar-refractivity contribution is -0.150. The molecule has 0 amide bonds. The van der Waals surface area contributed by atoms with Crippen LogP contribution < -0.4 is 9.47 Å². The number of benzene rings is 1. The van der Waals surface area contributed by atoms with Gasteiger partial charge >= 0.3 is 5.97 Å². The van der Waals surface area contributed by atoms with Gasteiger partial charge in [-0.3, -0.25) is 0 Å². The van der Waals surface area contributed by atoms with Gasteiger partial charge < -0.3 is 19.3 Å². The van der Waals surface area contributed by atoms with E-state index in [0.717, 1.165) is 13.4 Å². The molecule has 1 N–H and O–H groups in total. The third kappa shape index (κ3) is 2.36. The van der Waals surface area contributed by atoms with Crippen LogP contribution in [-0.2, 0) is 19.4 Å². The number of methoxy groups -OCH3 is 1. The maximum absolute atomic E-state index is 11.8. The summed E-state index contributed by atoms with van der Waals surface area (Å²) < 4.78 is 38.2. The highest BCUT2D eigenvalue weighted by molar-refractivity contribution is 7.90. The second-order valence-corrected chi connectivity index (χ2v) is 5.87. The normalized spacial score (nSPS) is 15.1. The van der Waals surface area contributed by atoms with Gasteiger partial charge in [0.1, 0.15) is 4.90 Å². The first-order valence-corrected chi connectivity index (χ1v) is 7.14. The summed E-state index contributed by atoms with van der Waals surface area (Å²) in [5.74, 6) is -0.701. The van der Waals surface area contributed by atoms with Crippen molar-refractivity contribution in [1.82, 2.24) is 0 Å². The van der Waals surface area contributed by atoms with Gasteiger partial charge in [0.05, 0.1) is 7.11 Å². The summed E-state index contributed by atoms with van der Waals surface area (Å²) in [6, 6.07) is 2.73. The SMILES string of the molecule is COC(=O)C(O)c1ccc2c(c1S(C)(=O)=O)OCO2. The van der Waals surface area contributed by atoms with Crippen molar-refractivity contribution >= 4 is 15.8 Å². The minimum Gasteiger partial charge on any atom is -0.467 e. The van der Waals surface area contributed by atoms with Crippen LogP contribution in [0.25, 0.3) is 0 Å². The number of esters is 1.